The van der Waals surface area contributed by atoms with Gasteiger partial charge in [0.1, 0.15) is 5.75 Å². The number of hydrogen-bond acceptors (Lipinski definition) is 3. The topological polar surface area (TPSA) is 35.2 Å². The predicted molar refractivity (Wildman–Crippen MR) is 85.9 cm³/mol. The van der Waals surface area contributed by atoms with Crippen LogP contribution in [-0.4, -0.2) is 18.9 Å². The van der Waals surface area contributed by atoms with Gasteiger partial charge in [-0.2, -0.15) is 11.8 Å². The highest BCUT2D eigenvalue weighted by atomic mass is 32.2. The molecule has 108 valence electrons. The zero-order chi connectivity index (χ0) is 14.3. The quantitative estimate of drug-likeness (QED) is 0.773. The Bertz CT molecular complexity index is 352. The largest absolute Gasteiger partial charge is 0.497 e. The molecule has 19 heavy (non-hydrogen) atoms. The average Bonchev–Trinajstić information content (AvgIpc) is 2.47. The first kappa shape index (κ1) is 16.4. The summed E-state index contributed by atoms with van der Waals surface area (Å²) in [7, 11) is 1.70. The molecule has 1 aromatic carbocycles. The van der Waals surface area contributed by atoms with Gasteiger partial charge < -0.3 is 10.5 Å². The van der Waals surface area contributed by atoms with Crippen molar-refractivity contribution in [2.45, 2.75) is 44.9 Å². The van der Waals surface area contributed by atoms with Gasteiger partial charge in [-0.3, -0.25) is 0 Å². The molecule has 0 aromatic heterocycles. The third-order valence-electron chi connectivity index (χ3n) is 3.56. The lowest BCUT2D eigenvalue weighted by Gasteiger charge is -2.24. The maximum absolute atomic E-state index is 6.30. The summed E-state index contributed by atoms with van der Waals surface area (Å²) in [5, 5.41) is 0.380. The highest BCUT2D eigenvalue weighted by Gasteiger charge is 2.19. The van der Waals surface area contributed by atoms with E-state index in [0.29, 0.717) is 5.25 Å². The van der Waals surface area contributed by atoms with Crippen LogP contribution in [0.1, 0.15) is 44.4 Å². The minimum absolute atomic E-state index is 0.211. The average molecular weight is 281 g/mol. The Morgan fingerprint density at radius 2 is 1.79 bits per heavy atom. The van der Waals surface area contributed by atoms with Gasteiger partial charge in [-0.15, -0.1) is 0 Å². The first-order valence-corrected chi connectivity index (χ1v) is 8.18. The second-order valence-electron chi connectivity index (χ2n) is 5.11. The van der Waals surface area contributed by atoms with E-state index in [9.17, 15) is 0 Å². The number of benzene rings is 1. The van der Waals surface area contributed by atoms with Gasteiger partial charge in [0.05, 0.1) is 7.11 Å². The molecular formula is C16H27NOS. The Morgan fingerprint density at radius 3 is 2.26 bits per heavy atom. The minimum Gasteiger partial charge on any atom is -0.497 e. The van der Waals surface area contributed by atoms with Crippen LogP contribution in [0, 0.1) is 5.92 Å². The standard InChI is InChI=1S/C16H27NOS/c1-5-12(3)11-19-16(15(17)6-2)13-7-9-14(18-4)10-8-13/h7-10,12,15-16H,5-6,11,17H2,1-4H3. The van der Waals surface area contributed by atoms with Crippen molar-refractivity contribution >= 4 is 11.8 Å². The molecule has 0 amide bonds. The molecule has 3 heteroatoms. The summed E-state index contributed by atoms with van der Waals surface area (Å²) in [5.74, 6) is 2.82. The Balaban J connectivity index is 2.77. The molecule has 1 aromatic rings. The number of thioether (sulfide) groups is 1. The van der Waals surface area contributed by atoms with Crippen molar-refractivity contribution in [2.24, 2.45) is 11.7 Å². The molecule has 0 aliphatic rings. The van der Waals surface area contributed by atoms with Gasteiger partial charge in [-0.1, -0.05) is 39.3 Å². The summed E-state index contributed by atoms with van der Waals surface area (Å²) < 4.78 is 5.21. The van der Waals surface area contributed by atoms with Crippen molar-refractivity contribution in [2.75, 3.05) is 12.9 Å². The summed E-state index contributed by atoms with van der Waals surface area (Å²) in [6, 6.07) is 8.54. The van der Waals surface area contributed by atoms with Crippen LogP contribution in [0.5, 0.6) is 5.75 Å². The molecule has 0 bridgehead atoms. The lowest BCUT2D eigenvalue weighted by molar-refractivity contribution is 0.414. The van der Waals surface area contributed by atoms with Crippen molar-refractivity contribution in [1.29, 1.82) is 0 Å². The van der Waals surface area contributed by atoms with Crippen LogP contribution in [0.15, 0.2) is 24.3 Å². The van der Waals surface area contributed by atoms with Gasteiger partial charge in [0, 0.05) is 11.3 Å². The zero-order valence-corrected chi connectivity index (χ0v) is 13.4. The van der Waals surface area contributed by atoms with Crippen LogP contribution >= 0.6 is 11.8 Å². The van der Waals surface area contributed by atoms with E-state index in [4.69, 9.17) is 10.5 Å². The highest BCUT2D eigenvalue weighted by Crippen LogP contribution is 2.35. The molecule has 0 saturated carbocycles. The third-order valence-corrected chi connectivity index (χ3v) is 5.30. The molecule has 1 rings (SSSR count). The van der Waals surface area contributed by atoms with Crippen LogP contribution in [0.2, 0.25) is 0 Å². The second-order valence-corrected chi connectivity index (χ2v) is 6.29. The SMILES string of the molecule is CCC(C)CSC(c1ccc(OC)cc1)C(N)CC. The maximum Gasteiger partial charge on any atom is 0.118 e. The first-order chi connectivity index (χ1) is 9.12. The predicted octanol–water partition coefficient (Wildman–Crippen LogP) is 4.25. The zero-order valence-electron chi connectivity index (χ0n) is 12.6. The van der Waals surface area contributed by atoms with Gasteiger partial charge >= 0.3 is 0 Å². The van der Waals surface area contributed by atoms with Gasteiger partial charge in [-0.25, -0.2) is 0 Å². The van der Waals surface area contributed by atoms with E-state index in [0.717, 1.165) is 18.1 Å². The van der Waals surface area contributed by atoms with E-state index in [-0.39, 0.29) is 6.04 Å². The smallest absolute Gasteiger partial charge is 0.118 e. The van der Waals surface area contributed by atoms with Gasteiger partial charge in [0.2, 0.25) is 0 Å². The normalized spacial score (nSPS) is 15.8. The fourth-order valence-electron chi connectivity index (χ4n) is 1.86. The van der Waals surface area contributed by atoms with Gasteiger partial charge in [0.25, 0.3) is 0 Å². The number of hydrogen-bond donors (Lipinski definition) is 1. The van der Waals surface area contributed by atoms with Crippen LogP contribution in [-0.2, 0) is 0 Å². The summed E-state index contributed by atoms with van der Waals surface area (Å²) in [6.07, 6.45) is 2.23. The molecular weight excluding hydrogens is 254 g/mol. The Morgan fingerprint density at radius 1 is 1.16 bits per heavy atom. The van der Waals surface area contributed by atoms with Gasteiger partial charge in [-0.05, 0) is 35.8 Å². The summed E-state index contributed by atoms with van der Waals surface area (Å²) in [5.41, 5.74) is 7.60. The fraction of sp³-hybridized carbons (Fsp3) is 0.625. The molecule has 0 heterocycles. The molecule has 3 atom stereocenters. The Kier molecular flexibility index (Phi) is 7.32. The number of ether oxygens (including phenoxy) is 1. The van der Waals surface area contributed by atoms with Crippen LogP contribution in [0.25, 0.3) is 0 Å². The Hall–Kier alpha value is -0.670. The van der Waals surface area contributed by atoms with E-state index in [1.165, 1.54) is 17.7 Å². The van der Waals surface area contributed by atoms with Crippen molar-refractivity contribution < 1.29 is 4.74 Å². The van der Waals surface area contributed by atoms with E-state index in [2.05, 4.69) is 32.9 Å². The second kappa shape index (κ2) is 8.49. The van der Waals surface area contributed by atoms with Crippen LogP contribution < -0.4 is 10.5 Å². The van der Waals surface area contributed by atoms with Crippen LogP contribution in [0.4, 0.5) is 0 Å². The van der Waals surface area contributed by atoms with Gasteiger partial charge in [0.15, 0.2) is 0 Å². The number of nitrogens with two attached hydrogens (primary N) is 1. The summed E-state index contributed by atoms with van der Waals surface area (Å²) in [4.78, 5) is 0. The van der Waals surface area contributed by atoms with Crippen molar-refractivity contribution in [3.05, 3.63) is 29.8 Å². The minimum atomic E-state index is 0.211. The maximum atomic E-state index is 6.30. The number of methoxy groups -OCH3 is 1. The van der Waals surface area contributed by atoms with E-state index in [1.807, 2.05) is 23.9 Å². The van der Waals surface area contributed by atoms with E-state index < -0.39 is 0 Å². The van der Waals surface area contributed by atoms with Crippen molar-refractivity contribution in [3.8, 4) is 5.75 Å². The summed E-state index contributed by atoms with van der Waals surface area (Å²) >= 11 is 1.99. The van der Waals surface area contributed by atoms with Crippen LogP contribution in [0.3, 0.4) is 0 Å². The highest BCUT2D eigenvalue weighted by molar-refractivity contribution is 7.99. The monoisotopic (exact) mass is 281 g/mol. The molecule has 0 aliphatic carbocycles. The van der Waals surface area contributed by atoms with E-state index in [1.54, 1.807) is 7.11 Å². The lowest BCUT2D eigenvalue weighted by atomic mass is 10.0. The molecule has 2 N–H and O–H groups in total. The van der Waals surface area contributed by atoms with E-state index >= 15 is 0 Å². The van der Waals surface area contributed by atoms with Crippen molar-refractivity contribution in [1.82, 2.24) is 0 Å². The molecule has 2 nitrogen and oxygen atoms in total. The molecule has 0 fully saturated rings. The lowest BCUT2D eigenvalue weighted by Crippen LogP contribution is -2.26. The molecule has 0 saturated heterocycles. The number of rotatable bonds is 8. The summed E-state index contributed by atoms with van der Waals surface area (Å²) in [6.45, 7) is 6.70. The molecule has 0 spiro atoms. The third kappa shape index (κ3) is 5.07. The van der Waals surface area contributed by atoms with Crippen molar-refractivity contribution in [3.63, 3.8) is 0 Å². The molecule has 3 unspecified atom stereocenters. The fourth-order valence-corrected chi connectivity index (χ4v) is 3.42. The first-order valence-electron chi connectivity index (χ1n) is 7.13. The molecule has 0 radical (unpaired) electrons. The molecule has 0 aliphatic heterocycles. The Labute approximate surface area is 122 Å².